The summed E-state index contributed by atoms with van der Waals surface area (Å²) in [5.74, 6) is 0.617. The molecule has 1 aromatic heterocycles. The number of hydrogen-bond acceptors (Lipinski definition) is 3. The second-order valence-corrected chi connectivity index (χ2v) is 2.53. The average molecular weight is 156 g/mol. The van der Waals surface area contributed by atoms with Crippen molar-refractivity contribution in [3.8, 4) is 11.5 Å². The van der Waals surface area contributed by atoms with Crippen molar-refractivity contribution in [1.29, 1.82) is 0 Å². The quantitative estimate of drug-likeness (QED) is 0.688. The molecule has 0 atom stereocenters. The fraction of sp³-hybridized carbons (Fsp3) is 0.500. The third-order valence-electron chi connectivity index (χ3n) is 1.58. The number of aryl methyl sites for hydroxylation is 2. The van der Waals surface area contributed by atoms with Gasteiger partial charge in [0, 0.05) is 6.42 Å². The summed E-state index contributed by atoms with van der Waals surface area (Å²) in [7, 11) is 0. The highest BCUT2D eigenvalue weighted by Crippen LogP contribution is 2.35. The molecule has 0 saturated carbocycles. The normalized spacial score (nSPS) is 10.4. The molecule has 0 unspecified atom stereocenters. The Labute approximate surface area is 65.3 Å². The fourth-order valence-electron chi connectivity index (χ4n) is 0.977. The van der Waals surface area contributed by atoms with Gasteiger partial charge in [-0.1, -0.05) is 6.92 Å². The van der Waals surface area contributed by atoms with Crippen LogP contribution < -0.4 is 0 Å². The van der Waals surface area contributed by atoms with Crippen molar-refractivity contribution in [2.45, 2.75) is 26.7 Å². The van der Waals surface area contributed by atoms with Gasteiger partial charge in [0.15, 0.2) is 11.5 Å². The van der Waals surface area contributed by atoms with E-state index in [1.165, 1.54) is 0 Å². The van der Waals surface area contributed by atoms with Crippen LogP contribution in [-0.4, -0.2) is 10.2 Å². The van der Waals surface area contributed by atoms with Gasteiger partial charge in [-0.2, -0.15) is 0 Å². The molecule has 11 heavy (non-hydrogen) atoms. The Morgan fingerprint density at radius 3 is 2.27 bits per heavy atom. The summed E-state index contributed by atoms with van der Waals surface area (Å²) in [4.78, 5) is 0. The molecule has 3 heteroatoms. The van der Waals surface area contributed by atoms with Gasteiger partial charge in [0.05, 0.1) is 0 Å². The molecular weight excluding hydrogens is 144 g/mol. The lowest BCUT2D eigenvalue weighted by atomic mass is 10.2. The lowest BCUT2D eigenvalue weighted by molar-refractivity contribution is 0.401. The molecule has 0 amide bonds. The van der Waals surface area contributed by atoms with E-state index in [0.29, 0.717) is 17.9 Å². The highest BCUT2D eigenvalue weighted by atomic mass is 16.4. The molecule has 0 aliphatic rings. The summed E-state index contributed by atoms with van der Waals surface area (Å²) in [5, 5.41) is 18.3. The Morgan fingerprint density at radius 2 is 1.91 bits per heavy atom. The second kappa shape index (κ2) is 2.86. The van der Waals surface area contributed by atoms with E-state index in [9.17, 15) is 5.11 Å². The van der Waals surface area contributed by atoms with Gasteiger partial charge in [0.1, 0.15) is 11.5 Å². The van der Waals surface area contributed by atoms with Gasteiger partial charge in [-0.3, -0.25) is 0 Å². The molecule has 0 fully saturated rings. The van der Waals surface area contributed by atoms with Crippen molar-refractivity contribution in [3.05, 3.63) is 11.5 Å². The van der Waals surface area contributed by atoms with Crippen molar-refractivity contribution >= 4 is 0 Å². The molecule has 0 bridgehead atoms. The van der Waals surface area contributed by atoms with Crippen molar-refractivity contribution in [2.24, 2.45) is 0 Å². The minimum absolute atomic E-state index is 0.107. The van der Waals surface area contributed by atoms with Crippen LogP contribution in [0.3, 0.4) is 0 Å². The number of rotatable bonds is 2. The summed E-state index contributed by atoms with van der Waals surface area (Å²) in [5.41, 5.74) is 0. The minimum Gasteiger partial charge on any atom is -0.502 e. The summed E-state index contributed by atoms with van der Waals surface area (Å²) in [6, 6.07) is 0. The van der Waals surface area contributed by atoms with Crippen molar-refractivity contribution in [2.75, 3.05) is 0 Å². The Morgan fingerprint density at radius 1 is 1.27 bits per heavy atom. The smallest absolute Gasteiger partial charge is 0.200 e. The zero-order valence-corrected chi connectivity index (χ0v) is 6.72. The molecule has 1 aromatic rings. The molecule has 0 spiro atoms. The zero-order valence-electron chi connectivity index (χ0n) is 6.72. The third kappa shape index (κ3) is 1.31. The van der Waals surface area contributed by atoms with Crippen LogP contribution >= 0.6 is 0 Å². The summed E-state index contributed by atoms with van der Waals surface area (Å²) in [6.07, 6.45) is 1.55. The molecule has 2 N–H and O–H groups in total. The molecule has 1 heterocycles. The summed E-state index contributed by atoms with van der Waals surface area (Å²) < 4.78 is 5.09. The van der Waals surface area contributed by atoms with Gasteiger partial charge in [-0.25, -0.2) is 0 Å². The van der Waals surface area contributed by atoms with Crippen LogP contribution in [-0.2, 0) is 6.42 Å². The summed E-state index contributed by atoms with van der Waals surface area (Å²) in [6.45, 7) is 3.60. The number of aromatic hydroxyl groups is 2. The predicted octanol–water partition coefficient (Wildman–Crippen LogP) is 1.95. The molecule has 0 saturated heterocycles. The van der Waals surface area contributed by atoms with E-state index in [4.69, 9.17) is 9.52 Å². The van der Waals surface area contributed by atoms with Crippen LogP contribution in [0.2, 0.25) is 0 Å². The largest absolute Gasteiger partial charge is 0.502 e. The first-order valence-corrected chi connectivity index (χ1v) is 3.67. The maximum atomic E-state index is 9.21. The molecule has 0 aromatic carbocycles. The molecule has 62 valence electrons. The average Bonchev–Trinajstić information content (AvgIpc) is 2.19. The van der Waals surface area contributed by atoms with Crippen LogP contribution in [0.5, 0.6) is 11.5 Å². The van der Waals surface area contributed by atoms with Gasteiger partial charge < -0.3 is 14.6 Å². The monoisotopic (exact) mass is 156 g/mol. The van der Waals surface area contributed by atoms with Gasteiger partial charge in [0.25, 0.3) is 0 Å². The predicted molar refractivity (Wildman–Crippen MR) is 40.8 cm³/mol. The first-order valence-electron chi connectivity index (χ1n) is 3.67. The van der Waals surface area contributed by atoms with Crippen LogP contribution in [0.25, 0.3) is 0 Å². The van der Waals surface area contributed by atoms with E-state index in [0.717, 1.165) is 6.42 Å². The Hall–Kier alpha value is -1.12. The summed E-state index contributed by atoms with van der Waals surface area (Å²) >= 11 is 0. The van der Waals surface area contributed by atoms with Crippen molar-refractivity contribution in [1.82, 2.24) is 0 Å². The van der Waals surface area contributed by atoms with E-state index in [1.54, 1.807) is 6.92 Å². The molecule has 3 nitrogen and oxygen atoms in total. The number of furan rings is 1. The SMILES string of the molecule is CCCc1oc(C)c(O)c1O. The maximum absolute atomic E-state index is 9.21. The standard InChI is InChI=1S/C8H12O3/c1-3-4-6-8(10)7(9)5(2)11-6/h9-10H,3-4H2,1-2H3. The molecule has 0 aliphatic carbocycles. The minimum atomic E-state index is -0.131. The van der Waals surface area contributed by atoms with E-state index >= 15 is 0 Å². The molecule has 0 radical (unpaired) electrons. The van der Waals surface area contributed by atoms with E-state index in [-0.39, 0.29) is 11.5 Å². The topological polar surface area (TPSA) is 53.6 Å². The molecular formula is C8H12O3. The Kier molecular flexibility index (Phi) is 2.08. The highest BCUT2D eigenvalue weighted by molar-refractivity contribution is 5.43. The van der Waals surface area contributed by atoms with Crippen LogP contribution in [0, 0.1) is 6.92 Å². The first-order chi connectivity index (χ1) is 5.16. The van der Waals surface area contributed by atoms with Crippen LogP contribution in [0.4, 0.5) is 0 Å². The highest BCUT2D eigenvalue weighted by Gasteiger charge is 2.14. The lowest BCUT2D eigenvalue weighted by Crippen LogP contribution is -1.77. The fourth-order valence-corrected chi connectivity index (χ4v) is 0.977. The van der Waals surface area contributed by atoms with E-state index in [1.807, 2.05) is 6.92 Å². The number of hydrogen-bond donors (Lipinski definition) is 2. The second-order valence-electron chi connectivity index (χ2n) is 2.53. The van der Waals surface area contributed by atoms with Gasteiger partial charge >= 0.3 is 0 Å². The van der Waals surface area contributed by atoms with Crippen LogP contribution in [0.15, 0.2) is 4.42 Å². The van der Waals surface area contributed by atoms with Gasteiger partial charge in [-0.05, 0) is 13.3 Å². The van der Waals surface area contributed by atoms with Gasteiger partial charge in [-0.15, -0.1) is 0 Å². The maximum Gasteiger partial charge on any atom is 0.200 e. The Balaban J connectivity index is 2.98. The third-order valence-corrected chi connectivity index (χ3v) is 1.58. The van der Waals surface area contributed by atoms with E-state index in [2.05, 4.69) is 0 Å². The van der Waals surface area contributed by atoms with Crippen molar-refractivity contribution in [3.63, 3.8) is 0 Å². The first kappa shape index (κ1) is 7.98. The molecule has 1 rings (SSSR count). The molecule has 0 aliphatic heterocycles. The van der Waals surface area contributed by atoms with Crippen molar-refractivity contribution < 1.29 is 14.6 Å². The van der Waals surface area contributed by atoms with E-state index < -0.39 is 0 Å². The Bertz CT molecular complexity index is 250. The lowest BCUT2D eigenvalue weighted by Gasteiger charge is -1.91. The van der Waals surface area contributed by atoms with Crippen LogP contribution in [0.1, 0.15) is 24.9 Å². The zero-order chi connectivity index (χ0) is 8.43. The van der Waals surface area contributed by atoms with Gasteiger partial charge in [0.2, 0.25) is 0 Å².